The van der Waals surface area contributed by atoms with Gasteiger partial charge in [0.1, 0.15) is 4.88 Å². The van der Waals surface area contributed by atoms with Gasteiger partial charge in [-0.3, -0.25) is 15.5 Å². The lowest BCUT2D eigenvalue weighted by Gasteiger charge is -2.04. The molecule has 10 heteroatoms. The Hall–Kier alpha value is -3.79. The summed E-state index contributed by atoms with van der Waals surface area (Å²) in [6.45, 7) is 2.08. The Balaban J connectivity index is 1.83. The van der Waals surface area contributed by atoms with Crippen LogP contribution in [0.3, 0.4) is 0 Å². The second kappa shape index (κ2) is 9.61. The summed E-state index contributed by atoms with van der Waals surface area (Å²) >= 11 is 1.10. The lowest BCUT2D eigenvalue weighted by molar-refractivity contribution is -0.385. The molecule has 1 aromatic heterocycles. The van der Waals surface area contributed by atoms with Crippen molar-refractivity contribution >= 4 is 34.3 Å². The third kappa shape index (κ3) is 4.78. The first-order valence-corrected chi connectivity index (χ1v) is 9.70. The van der Waals surface area contributed by atoms with Crippen LogP contribution >= 0.6 is 11.3 Å². The van der Waals surface area contributed by atoms with E-state index < -0.39 is 10.9 Å². The zero-order chi connectivity index (χ0) is 21.5. The average molecular weight is 426 g/mol. The van der Waals surface area contributed by atoms with E-state index in [1.54, 1.807) is 13.0 Å². The van der Waals surface area contributed by atoms with Gasteiger partial charge in [-0.25, -0.2) is 9.78 Å². The molecule has 0 atom stereocenters. The maximum Gasteiger partial charge on any atom is 0.350 e. The van der Waals surface area contributed by atoms with Crippen LogP contribution in [0.15, 0.2) is 53.6 Å². The van der Waals surface area contributed by atoms with Crippen molar-refractivity contribution in [2.24, 2.45) is 5.10 Å². The topological polar surface area (TPSA) is 116 Å². The normalized spacial score (nSPS) is 10.7. The number of hydrogen-bond donors (Lipinski definition) is 1. The molecule has 30 heavy (non-hydrogen) atoms. The number of anilines is 1. The van der Waals surface area contributed by atoms with Gasteiger partial charge in [-0.2, -0.15) is 5.10 Å². The number of rotatable bonds is 8. The van der Waals surface area contributed by atoms with Gasteiger partial charge in [-0.05, 0) is 19.1 Å². The van der Waals surface area contributed by atoms with Crippen LogP contribution in [0.25, 0.3) is 11.3 Å². The number of carbonyl (C=O) groups is 1. The Morgan fingerprint density at radius 3 is 2.73 bits per heavy atom. The number of thiazole rings is 1. The quantitative estimate of drug-likeness (QED) is 0.246. The highest BCUT2D eigenvalue weighted by Crippen LogP contribution is 2.32. The summed E-state index contributed by atoms with van der Waals surface area (Å²) in [7, 11) is 1.31. The summed E-state index contributed by atoms with van der Waals surface area (Å²) in [5.74, 6) is -0.298. The molecule has 0 unspecified atom stereocenters. The number of nitrogens with zero attached hydrogens (tertiary/aromatic N) is 3. The third-order valence-electron chi connectivity index (χ3n) is 3.90. The van der Waals surface area contributed by atoms with Gasteiger partial charge in [-0.15, -0.1) is 0 Å². The number of nitro benzene ring substituents is 1. The summed E-state index contributed by atoms with van der Waals surface area (Å²) in [5.41, 5.74) is 4.38. The summed E-state index contributed by atoms with van der Waals surface area (Å²) in [4.78, 5) is 27.6. The predicted molar refractivity (Wildman–Crippen MR) is 114 cm³/mol. The first-order chi connectivity index (χ1) is 14.5. The first kappa shape index (κ1) is 20.9. The number of esters is 1. The minimum Gasteiger partial charge on any atom is -0.487 e. The highest BCUT2D eigenvalue weighted by Gasteiger charge is 2.20. The molecule has 0 aliphatic heterocycles. The lowest BCUT2D eigenvalue weighted by atomic mass is 10.1. The minimum absolute atomic E-state index is 0.144. The van der Waals surface area contributed by atoms with E-state index in [9.17, 15) is 14.9 Å². The molecule has 0 fully saturated rings. The van der Waals surface area contributed by atoms with E-state index >= 15 is 0 Å². The number of nitro groups is 1. The average Bonchev–Trinajstić information content (AvgIpc) is 3.19. The molecule has 0 amide bonds. The van der Waals surface area contributed by atoms with Crippen LogP contribution in [0, 0.1) is 10.1 Å². The van der Waals surface area contributed by atoms with Gasteiger partial charge in [0.2, 0.25) is 5.13 Å². The molecular formula is C20H18N4O5S. The van der Waals surface area contributed by atoms with Crippen LogP contribution in [0.5, 0.6) is 5.75 Å². The zero-order valence-corrected chi connectivity index (χ0v) is 17.0. The lowest BCUT2D eigenvalue weighted by Crippen LogP contribution is -2.00. The molecule has 0 saturated carbocycles. The fourth-order valence-electron chi connectivity index (χ4n) is 2.59. The van der Waals surface area contributed by atoms with Gasteiger partial charge >= 0.3 is 11.7 Å². The molecule has 0 spiro atoms. The van der Waals surface area contributed by atoms with Gasteiger partial charge in [0, 0.05) is 17.2 Å². The highest BCUT2D eigenvalue weighted by atomic mass is 32.1. The second-order valence-corrected chi connectivity index (χ2v) is 6.84. The molecule has 154 valence electrons. The number of hydrogen-bond acceptors (Lipinski definition) is 9. The molecule has 0 aliphatic carbocycles. The summed E-state index contributed by atoms with van der Waals surface area (Å²) in [5, 5.41) is 15.7. The standard InChI is InChI=1S/C20H18N4O5S/c1-3-29-16-10-9-13(11-15(16)24(26)27)12-21-23-20-22-17(14-7-5-4-6-8-14)18(30-20)19(25)28-2/h4-12H,3H2,1-2H3,(H,22,23)/b21-12-. The maximum atomic E-state index is 12.1. The molecular weight excluding hydrogens is 408 g/mol. The number of nitrogens with one attached hydrogen (secondary N) is 1. The molecule has 3 rings (SSSR count). The van der Waals surface area contributed by atoms with Crippen LogP contribution < -0.4 is 10.2 Å². The van der Waals surface area contributed by atoms with Gasteiger partial charge in [0.25, 0.3) is 0 Å². The van der Waals surface area contributed by atoms with Crippen molar-refractivity contribution in [1.82, 2.24) is 4.98 Å². The van der Waals surface area contributed by atoms with Crippen molar-refractivity contribution < 1.29 is 19.2 Å². The van der Waals surface area contributed by atoms with E-state index in [-0.39, 0.29) is 11.4 Å². The van der Waals surface area contributed by atoms with Gasteiger partial charge in [0.15, 0.2) is 5.75 Å². The van der Waals surface area contributed by atoms with Crippen LogP contribution in [0.4, 0.5) is 10.8 Å². The minimum atomic E-state index is -0.509. The van der Waals surface area contributed by atoms with Crippen LogP contribution in [-0.4, -0.2) is 35.8 Å². The van der Waals surface area contributed by atoms with E-state index in [1.165, 1.54) is 25.5 Å². The van der Waals surface area contributed by atoms with Crippen LogP contribution in [-0.2, 0) is 4.74 Å². The van der Waals surface area contributed by atoms with Crippen LogP contribution in [0.2, 0.25) is 0 Å². The molecule has 3 aromatic rings. The number of ether oxygens (including phenoxy) is 2. The van der Waals surface area contributed by atoms with Crippen molar-refractivity contribution in [2.75, 3.05) is 19.1 Å². The van der Waals surface area contributed by atoms with E-state index in [4.69, 9.17) is 9.47 Å². The molecule has 9 nitrogen and oxygen atoms in total. The highest BCUT2D eigenvalue weighted by molar-refractivity contribution is 7.17. The Kier molecular flexibility index (Phi) is 6.71. The third-order valence-corrected chi connectivity index (χ3v) is 4.84. The summed E-state index contributed by atoms with van der Waals surface area (Å²) < 4.78 is 10.1. The Bertz CT molecular complexity index is 1080. The molecule has 2 aromatic carbocycles. The fraction of sp³-hybridized carbons (Fsp3) is 0.150. The Labute approximate surface area is 176 Å². The van der Waals surface area contributed by atoms with Crippen molar-refractivity contribution in [3.8, 4) is 17.0 Å². The van der Waals surface area contributed by atoms with Crippen molar-refractivity contribution in [3.05, 3.63) is 69.1 Å². The van der Waals surface area contributed by atoms with Crippen LogP contribution in [0.1, 0.15) is 22.2 Å². The van der Waals surface area contributed by atoms with Gasteiger partial charge < -0.3 is 9.47 Å². The predicted octanol–water partition coefficient (Wildman–Crippen LogP) is 4.35. The fourth-order valence-corrected chi connectivity index (χ4v) is 3.44. The molecule has 0 radical (unpaired) electrons. The van der Waals surface area contributed by atoms with E-state index in [0.717, 1.165) is 16.9 Å². The molecule has 1 N–H and O–H groups in total. The number of methoxy groups -OCH3 is 1. The molecule has 0 bridgehead atoms. The van der Waals surface area contributed by atoms with E-state index in [1.807, 2.05) is 30.3 Å². The SMILES string of the molecule is CCOc1ccc(/C=N\Nc2nc(-c3ccccc3)c(C(=O)OC)s2)cc1[N+](=O)[O-]. The number of carbonyl (C=O) groups excluding carboxylic acids is 1. The van der Waals surface area contributed by atoms with E-state index in [0.29, 0.717) is 27.9 Å². The largest absolute Gasteiger partial charge is 0.487 e. The van der Waals surface area contributed by atoms with Gasteiger partial charge in [-0.1, -0.05) is 41.7 Å². The Morgan fingerprint density at radius 2 is 2.07 bits per heavy atom. The second-order valence-electron chi connectivity index (χ2n) is 5.84. The maximum absolute atomic E-state index is 12.1. The zero-order valence-electron chi connectivity index (χ0n) is 16.2. The van der Waals surface area contributed by atoms with Crippen molar-refractivity contribution in [3.63, 3.8) is 0 Å². The van der Waals surface area contributed by atoms with Crippen molar-refractivity contribution in [1.29, 1.82) is 0 Å². The summed E-state index contributed by atoms with van der Waals surface area (Å²) in [6.07, 6.45) is 1.42. The summed E-state index contributed by atoms with van der Waals surface area (Å²) in [6, 6.07) is 13.8. The van der Waals surface area contributed by atoms with E-state index in [2.05, 4.69) is 15.5 Å². The van der Waals surface area contributed by atoms with Crippen molar-refractivity contribution in [2.45, 2.75) is 6.92 Å². The molecule has 1 heterocycles. The number of aromatic nitrogens is 1. The smallest absolute Gasteiger partial charge is 0.350 e. The molecule has 0 saturated heterocycles. The Morgan fingerprint density at radius 1 is 1.30 bits per heavy atom. The van der Waals surface area contributed by atoms with Gasteiger partial charge in [0.05, 0.1) is 30.5 Å². The number of benzene rings is 2. The monoisotopic (exact) mass is 426 g/mol. The number of hydrazone groups is 1. The molecule has 0 aliphatic rings. The first-order valence-electron chi connectivity index (χ1n) is 8.88.